The normalized spacial score (nSPS) is 13.5. The Morgan fingerprint density at radius 1 is 1.11 bits per heavy atom. The van der Waals surface area contributed by atoms with Crippen LogP contribution in [0.1, 0.15) is 30.8 Å². The number of halogens is 1. The van der Waals surface area contributed by atoms with Crippen LogP contribution in [0.25, 0.3) is 11.3 Å². The molecule has 1 aliphatic heterocycles. The summed E-state index contributed by atoms with van der Waals surface area (Å²) in [5.74, 6) is 0.495. The Balaban J connectivity index is 1.41. The van der Waals surface area contributed by atoms with Gasteiger partial charge in [-0.3, -0.25) is 19.7 Å². The van der Waals surface area contributed by atoms with Crippen molar-refractivity contribution in [2.75, 3.05) is 43.5 Å². The molecule has 0 radical (unpaired) electrons. The Morgan fingerprint density at radius 2 is 1.84 bits per heavy atom. The van der Waals surface area contributed by atoms with Crippen LogP contribution in [-0.2, 0) is 4.79 Å². The number of nitrogens with one attached hydrogen (secondary N) is 1. The minimum Gasteiger partial charge on any atom is -0.497 e. The molecular weight excluding hydrogens is 512 g/mol. The summed E-state index contributed by atoms with van der Waals surface area (Å²) >= 11 is 6.54. The molecule has 0 saturated carbocycles. The number of methoxy groups -OCH3 is 1. The lowest BCUT2D eigenvalue weighted by atomic mass is 10.1. The molecule has 0 aliphatic carbocycles. The molecule has 3 aromatic rings. The highest BCUT2D eigenvalue weighted by Gasteiger charge is 2.24. The molecule has 2 amide bonds. The van der Waals surface area contributed by atoms with E-state index >= 15 is 0 Å². The third kappa shape index (κ3) is 6.08. The highest BCUT2D eigenvalue weighted by Crippen LogP contribution is 2.35. The lowest BCUT2D eigenvalue weighted by molar-refractivity contribution is -0.384. The zero-order valence-electron chi connectivity index (χ0n) is 21.4. The highest BCUT2D eigenvalue weighted by molar-refractivity contribution is 6.33. The van der Waals surface area contributed by atoms with Crippen molar-refractivity contribution in [3.8, 4) is 17.1 Å². The number of rotatable bonds is 8. The van der Waals surface area contributed by atoms with E-state index in [-0.39, 0.29) is 28.7 Å². The van der Waals surface area contributed by atoms with Crippen LogP contribution in [0.5, 0.6) is 5.75 Å². The number of furan rings is 1. The fourth-order valence-corrected chi connectivity index (χ4v) is 4.61. The van der Waals surface area contributed by atoms with Crippen LogP contribution in [-0.4, -0.2) is 54.9 Å². The van der Waals surface area contributed by atoms with Gasteiger partial charge >= 0.3 is 0 Å². The predicted molar refractivity (Wildman–Crippen MR) is 145 cm³/mol. The fraction of sp³-hybridized carbons (Fsp3) is 0.333. The van der Waals surface area contributed by atoms with Crippen molar-refractivity contribution in [3.63, 3.8) is 0 Å². The maximum absolute atomic E-state index is 12.8. The molecule has 4 rings (SSSR count). The summed E-state index contributed by atoms with van der Waals surface area (Å²) < 4.78 is 10.7. The number of hydrogen-bond donors (Lipinski definition) is 1. The second-order valence-electron chi connectivity index (χ2n) is 9.39. The Labute approximate surface area is 225 Å². The first-order valence-corrected chi connectivity index (χ1v) is 12.6. The molecule has 38 heavy (non-hydrogen) atoms. The molecular formula is C27H29ClN4O6. The number of carbonyl (C=O) groups is 2. The molecule has 1 saturated heterocycles. The Morgan fingerprint density at radius 3 is 2.47 bits per heavy atom. The van der Waals surface area contributed by atoms with Crippen molar-refractivity contribution >= 4 is 40.5 Å². The standard InChI is InChI=1S/C27H29ClN4O6/c1-17(2)14-26(33)31-12-10-30(11-13-31)22-7-4-18(15-21(22)28)29-27(34)25-9-8-24(38-25)20-6-5-19(37-3)16-23(20)32(35)36/h4-9,15-17H,10-14H2,1-3H3,(H,29,34). The van der Waals surface area contributed by atoms with Crippen LogP contribution in [0.15, 0.2) is 52.9 Å². The lowest BCUT2D eigenvalue weighted by Crippen LogP contribution is -2.49. The van der Waals surface area contributed by atoms with E-state index < -0.39 is 10.8 Å². The first-order chi connectivity index (χ1) is 18.2. The monoisotopic (exact) mass is 540 g/mol. The number of nitro benzene ring substituents is 1. The maximum atomic E-state index is 12.8. The smallest absolute Gasteiger partial charge is 0.291 e. The molecule has 2 aromatic carbocycles. The number of carbonyl (C=O) groups excluding carboxylic acids is 2. The van der Waals surface area contributed by atoms with Crippen LogP contribution in [0.2, 0.25) is 5.02 Å². The molecule has 1 fully saturated rings. The number of ether oxygens (including phenoxy) is 1. The highest BCUT2D eigenvalue weighted by atomic mass is 35.5. The van der Waals surface area contributed by atoms with Gasteiger partial charge in [-0.2, -0.15) is 0 Å². The summed E-state index contributed by atoms with van der Waals surface area (Å²) in [5.41, 5.74) is 1.34. The van der Waals surface area contributed by atoms with Crippen molar-refractivity contribution in [3.05, 3.63) is 69.4 Å². The van der Waals surface area contributed by atoms with Crippen molar-refractivity contribution in [2.45, 2.75) is 20.3 Å². The van der Waals surface area contributed by atoms with Crippen LogP contribution in [0, 0.1) is 16.0 Å². The summed E-state index contributed by atoms with van der Waals surface area (Å²) in [6.45, 7) is 6.67. The van der Waals surface area contributed by atoms with E-state index in [0.717, 1.165) is 5.69 Å². The Bertz CT molecular complexity index is 1350. The van der Waals surface area contributed by atoms with Gasteiger partial charge < -0.3 is 24.3 Å². The summed E-state index contributed by atoms with van der Waals surface area (Å²) in [4.78, 5) is 40.1. The van der Waals surface area contributed by atoms with Gasteiger partial charge in [-0.15, -0.1) is 0 Å². The lowest BCUT2D eigenvalue weighted by Gasteiger charge is -2.36. The first-order valence-electron chi connectivity index (χ1n) is 12.2. The number of benzene rings is 2. The fourth-order valence-electron chi connectivity index (χ4n) is 4.31. The number of hydrogen-bond acceptors (Lipinski definition) is 7. The largest absolute Gasteiger partial charge is 0.497 e. The van der Waals surface area contributed by atoms with Gasteiger partial charge in [-0.1, -0.05) is 25.4 Å². The summed E-state index contributed by atoms with van der Waals surface area (Å²) in [6, 6.07) is 12.6. The molecule has 0 atom stereocenters. The molecule has 200 valence electrons. The van der Waals surface area contributed by atoms with Crippen molar-refractivity contribution in [1.82, 2.24) is 4.90 Å². The number of anilines is 2. The van der Waals surface area contributed by atoms with Crippen molar-refractivity contribution in [1.29, 1.82) is 0 Å². The molecule has 0 spiro atoms. The third-order valence-electron chi connectivity index (χ3n) is 6.26. The van der Waals surface area contributed by atoms with E-state index in [1.165, 1.54) is 31.4 Å². The number of nitro groups is 1. The predicted octanol–water partition coefficient (Wildman–Crippen LogP) is 5.46. The average molecular weight is 541 g/mol. The first kappa shape index (κ1) is 27.0. The minimum absolute atomic E-state index is 0.00694. The van der Waals surface area contributed by atoms with Gasteiger partial charge in [0, 0.05) is 38.3 Å². The van der Waals surface area contributed by atoms with E-state index in [9.17, 15) is 19.7 Å². The van der Waals surface area contributed by atoms with E-state index in [0.29, 0.717) is 55.0 Å². The van der Waals surface area contributed by atoms with Crippen LogP contribution >= 0.6 is 11.6 Å². The summed E-state index contributed by atoms with van der Waals surface area (Å²) in [6.07, 6.45) is 0.545. The van der Waals surface area contributed by atoms with Gasteiger partial charge in [0.15, 0.2) is 5.76 Å². The topological polar surface area (TPSA) is 118 Å². The molecule has 1 aliphatic rings. The SMILES string of the molecule is COc1ccc(-c2ccc(C(=O)Nc3ccc(N4CCN(C(=O)CC(C)C)CC4)c(Cl)c3)o2)c([N+](=O)[O-])c1. The molecule has 11 heteroatoms. The Kier molecular flexibility index (Phi) is 8.21. The van der Waals surface area contributed by atoms with Gasteiger partial charge in [-0.05, 0) is 48.4 Å². The second-order valence-corrected chi connectivity index (χ2v) is 9.80. The van der Waals surface area contributed by atoms with Crippen LogP contribution in [0.4, 0.5) is 17.1 Å². The molecule has 1 aromatic heterocycles. The van der Waals surface area contributed by atoms with Crippen molar-refractivity contribution < 1.29 is 23.7 Å². The van der Waals surface area contributed by atoms with Gasteiger partial charge in [0.2, 0.25) is 5.91 Å². The van der Waals surface area contributed by atoms with Crippen LogP contribution < -0.4 is 15.0 Å². The number of piperazine rings is 1. The molecule has 0 bridgehead atoms. The maximum Gasteiger partial charge on any atom is 0.291 e. The molecule has 10 nitrogen and oxygen atoms in total. The third-order valence-corrected chi connectivity index (χ3v) is 6.56. The quantitative estimate of drug-likeness (QED) is 0.297. The Hall–Kier alpha value is -4.05. The zero-order chi connectivity index (χ0) is 27.4. The molecule has 2 heterocycles. The van der Waals surface area contributed by atoms with Gasteiger partial charge in [0.1, 0.15) is 11.5 Å². The molecule has 1 N–H and O–H groups in total. The van der Waals surface area contributed by atoms with Gasteiger partial charge in [-0.25, -0.2) is 0 Å². The average Bonchev–Trinajstić information content (AvgIpc) is 3.38. The molecule has 0 unspecified atom stereocenters. The van der Waals surface area contributed by atoms with Crippen LogP contribution in [0.3, 0.4) is 0 Å². The minimum atomic E-state index is -0.535. The van der Waals surface area contributed by atoms with E-state index in [1.54, 1.807) is 18.2 Å². The van der Waals surface area contributed by atoms with E-state index in [4.69, 9.17) is 20.8 Å². The van der Waals surface area contributed by atoms with E-state index in [2.05, 4.69) is 10.2 Å². The number of amides is 2. The van der Waals surface area contributed by atoms with Gasteiger partial charge in [0.05, 0.1) is 34.4 Å². The second kappa shape index (κ2) is 11.6. The van der Waals surface area contributed by atoms with Crippen molar-refractivity contribution in [2.24, 2.45) is 5.92 Å². The van der Waals surface area contributed by atoms with E-state index in [1.807, 2.05) is 24.8 Å². The summed E-state index contributed by atoms with van der Waals surface area (Å²) in [5, 5.41) is 14.7. The zero-order valence-corrected chi connectivity index (χ0v) is 22.2. The van der Waals surface area contributed by atoms with Gasteiger partial charge in [0.25, 0.3) is 11.6 Å². The number of nitrogens with zero attached hydrogens (tertiary/aromatic N) is 3. The summed E-state index contributed by atoms with van der Waals surface area (Å²) in [7, 11) is 1.42.